The Morgan fingerprint density at radius 3 is 2.58 bits per heavy atom. The Hall–Kier alpha value is -4.91. The van der Waals surface area contributed by atoms with Crippen LogP contribution in [0.5, 0.6) is 5.75 Å². The van der Waals surface area contributed by atoms with Gasteiger partial charge in [0.2, 0.25) is 11.8 Å². The minimum Gasteiger partial charge on any atom is -0.496 e. The lowest BCUT2D eigenvalue weighted by atomic mass is 9.92. The van der Waals surface area contributed by atoms with Crippen LogP contribution in [0.2, 0.25) is 0 Å². The summed E-state index contributed by atoms with van der Waals surface area (Å²) in [6, 6.07) is 12.6. The number of allylic oxidation sites excluding steroid dienone is 3. The number of hydrogen-bond donors (Lipinski definition) is 1. The number of carbonyl (C=O) groups excluding carboxylic acids is 1. The molecule has 4 aromatic rings. The number of nitrogens with two attached hydrogens (primary N) is 1. The van der Waals surface area contributed by atoms with E-state index >= 15 is 0 Å². The zero-order valence-electron chi connectivity index (χ0n) is 29.7. The Morgan fingerprint density at radius 2 is 1.87 bits per heavy atom. The molecule has 2 aromatic carbocycles. The minimum atomic E-state index is -2.75. The van der Waals surface area contributed by atoms with E-state index in [4.69, 9.17) is 19.9 Å². The molecule has 5 aliphatic rings. The molecule has 1 amide bonds. The van der Waals surface area contributed by atoms with E-state index in [2.05, 4.69) is 27.3 Å². The summed E-state index contributed by atoms with van der Waals surface area (Å²) >= 11 is 1.45. The summed E-state index contributed by atoms with van der Waals surface area (Å²) < 4.78 is 51.5. The monoisotopic (exact) mass is 740 g/mol. The quantitative estimate of drug-likeness (QED) is 0.186. The zero-order chi connectivity index (χ0) is 37.1. The molecule has 0 spiro atoms. The highest BCUT2D eigenvalue weighted by atomic mass is 32.2. The van der Waals surface area contributed by atoms with Crippen LogP contribution in [0.1, 0.15) is 76.1 Å². The van der Waals surface area contributed by atoms with Gasteiger partial charge in [0.1, 0.15) is 23.1 Å². The van der Waals surface area contributed by atoms with Crippen molar-refractivity contribution in [1.82, 2.24) is 20.1 Å². The molecular formula is C40H39F3N6O3S. The van der Waals surface area contributed by atoms with Gasteiger partial charge < -0.3 is 19.8 Å². The number of hydrogen-bond acceptors (Lipinski definition) is 9. The SMILES string of the molecule is CCCN1Cc2nc(CCc3ccc(F)cc3)c(-c3nnc(C)o3)c(C3=CC45C=C(C(F)F)N=C(N)C4(C5)S3)c2C1=O.COc1cccc2c1CCC2. The number of rotatable bonds is 9. The Labute approximate surface area is 309 Å². The van der Waals surface area contributed by atoms with E-state index < -0.39 is 16.6 Å². The Bertz CT molecular complexity index is 2220. The number of benzene rings is 2. The lowest BCUT2D eigenvalue weighted by Crippen LogP contribution is -2.34. The Balaban J connectivity index is 0.000000310. The summed E-state index contributed by atoms with van der Waals surface area (Å²) in [5.74, 6) is 1.33. The van der Waals surface area contributed by atoms with Crippen molar-refractivity contribution >= 4 is 28.4 Å². The van der Waals surface area contributed by atoms with Crippen LogP contribution >= 0.6 is 11.8 Å². The van der Waals surface area contributed by atoms with Crippen molar-refractivity contribution < 1.29 is 27.1 Å². The van der Waals surface area contributed by atoms with Crippen molar-refractivity contribution in [2.45, 2.75) is 76.5 Å². The molecular weight excluding hydrogens is 702 g/mol. The number of thioether (sulfide) groups is 1. The maximum Gasteiger partial charge on any atom is 0.280 e. The largest absolute Gasteiger partial charge is 0.496 e. The first kappa shape index (κ1) is 35.1. The molecule has 2 N–H and O–H groups in total. The molecule has 2 unspecified atom stereocenters. The second-order valence-corrected chi connectivity index (χ2v) is 15.4. The van der Waals surface area contributed by atoms with E-state index in [1.54, 1.807) is 31.1 Å². The molecule has 3 aliphatic heterocycles. The number of fused-ring (bicyclic) bond motifs is 2. The van der Waals surface area contributed by atoms with Gasteiger partial charge in [0, 0.05) is 29.4 Å². The number of aryl methyl sites for hydroxylation is 4. The normalized spacial score (nSPS) is 22.0. The van der Waals surface area contributed by atoms with Crippen LogP contribution in [0, 0.1) is 18.2 Å². The van der Waals surface area contributed by atoms with Gasteiger partial charge in [-0.05, 0) is 85.9 Å². The summed E-state index contributed by atoms with van der Waals surface area (Å²) in [5, 5.41) is 8.37. The van der Waals surface area contributed by atoms with Crippen molar-refractivity contribution in [2.24, 2.45) is 16.1 Å². The molecule has 9 nitrogen and oxygen atoms in total. The molecule has 53 heavy (non-hydrogen) atoms. The smallest absolute Gasteiger partial charge is 0.280 e. The molecule has 0 bridgehead atoms. The molecule has 2 aliphatic carbocycles. The molecule has 0 saturated heterocycles. The molecule has 2 atom stereocenters. The van der Waals surface area contributed by atoms with Crippen molar-refractivity contribution in [2.75, 3.05) is 13.7 Å². The second-order valence-electron chi connectivity index (χ2n) is 14.1. The fourth-order valence-electron chi connectivity index (χ4n) is 8.11. The van der Waals surface area contributed by atoms with E-state index in [-0.39, 0.29) is 29.1 Å². The maximum atomic E-state index is 13.9. The van der Waals surface area contributed by atoms with Gasteiger partial charge >= 0.3 is 0 Å². The van der Waals surface area contributed by atoms with Gasteiger partial charge in [-0.1, -0.05) is 37.3 Å². The molecule has 2 aromatic heterocycles. The number of halogens is 3. The lowest BCUT2D eigenvalue weighted by molar-refractivity contribution is 0.0778. The van der Waals surface area contributed by atoms with E-state index in [1.165, 1.54) is 60.4 Å². The highest BCUT2D eigenvalue weighted by Crippen LogP contribution is 2.76. The fraction of sp³-hybridized carbons (Fsp3) is 0.375. The van der Waals surface area contributed by atoms with Gasteiger partial charge in [-0.25, -0.2) is 18.2 Å². The van der Waals surface area contributed by atoms with Crippen LogP contribution in [-0.4, -0.2) is 56.7 Å². The molecule has 13 heteroatoms. The van der Waals surface area contributed by atoms with Crippen molar-refractivity contribution in [3.05, 3.63) is 111 Å². The van der Waals surface area contributed by atoms with Crippen molar-refractivity contribution in [3.63, 3.8) is 0 Å². The molecule has 1 fully saturated rings. The van der Waals surface area contributed by atoms with Crippen LogP contribution in [0.15, 0.2) is 69.7 Å². The molecule has 9 rings (SSSR count). The molecule has 1 saturated carbocycles. The van der Waals surface area contributed by atoms with Gasteiger partial charge in [0.05, 0.1) is 40.9 Å². The van der Waals surface area contributed by atoms with Crippen LogP contribution in [0.25, 0.3) is 16.4 Å². The first-order valence-corrected chi connectivity index (χ1v) is 18.7. The molecule has 5 heterocycles. The summed E-state index contributed by atoms with van der Waals surface area (Å²) in [6.07, 6.45) is 6.77. The average molecular weight is 741 g/mol. The van der Waals surface area contributed by atoms with E-state index in [0.717, 1.165) is 22.6 Å². The van der Waals surface area contributed by atoms with Gasteiger partial charge in [-0.3, -0.25) is 9.78 Å². The van der Waals surface area contributed by atoms with Gasteiger partial charge in [-0.2, -0.15) is 0 Å². The number of amides is 1. The Kier molecular flexibility index (Phi) is 8.95. The first-order valence-electron chi connectivity index (χ1n) is 17.9. The van der Waals surface area contributed by atoms with Crippen LogP contribution in [0.4, 0.5) is 13.2 Å². The minimum absolute atomic E-state index is 0.151. The van der Waals surface area contributed by atoms with Crippen molar-refractivity contribution in [1.29, 1.82) is 0 Å². The van der Waals surface area contributed by atoms with Gasteiger partial charge in [-0.15, -0.1) is 22.0 Å². The second kappa shape index (κ2) is 13.5. The number of amidine groups is 1. The van der Waals surface area contributed by atoms with E-state index in [1.807, 2.05) is 19.1 Å². The van der Waals surface area contributed by atoms with Crippen LogP contribution in [-0.2, 0) is 32.2 Å². The third-order valence-corrected chi connectivity index (χ3v) is 12.3. The molecule has 0 radical (unpaired) electrons. The highest BCUT2D eigenvalue weighted by molar-refractivity contribution is 8.11. The van der Waals surface area contributed by atoms with Crippen LogP contribution in [0.3, 0.4) is 0 Å². The fourth-order valence-corrected chi connectivity index (χ4v) is 9.83. The predicted molar refractivity (Wildman–Crippen MR) is 197 cm³/mol. The lowest BCUT2D eigenvalue weighted by Gasteiger charge is -2.21. The average Bonchev–Trinajstić information content (AvgIpc) is 3.66. The number of nitrogens with zero attached hydrogens (tertiary/aromatic N) is 5. The van der Waals surface area contributed by atoms with E-state index in [9.17, 15) is 18.0 Å². The highest BCUT2D eigenvalue weighted by Gasteiger charge is 2.73. The number of aliphatic imine (C=N–C) groups is 1. The standard InChI is InChI=1S/C30H27F3N6O2S.C10H12O/c1-3-10-39-13-20-23(27(39)40)24(21-12-29-11-19(25(32)33)36-28(34)30(29,14-29)42-21)22(26-38-37-15(2)41-26)18(35-20)9-6-16-4-7-17(31)8-5-16;1-11-10-7-3-5-8-4-2-6-9(8)10/h4-5,7-8,11-12,25H,3,6,9-10,13-14H2,1-2H3,(H2,34,36);3,5,7H,2,4,6H2,1H3. The first-order chi connectivity index (χ1) is 25.6. The van der Waals surface area contributed by atoms with Gasteiger partial charge in [0.25, 0.3) is 12.3 Å². The summed E-state index contributed by atoms with van der Waals surface area (Å²) in [6.45, 7) is 4.61. The molecule has 274 valence electrons. The predicted octanol–water partition coefficient (Wildman–Crippen LogP) is 7.65. The Morgan fingerprint density at radius 1 is 1.06 bits per heavy atom. The number of aromatic nitrogens is 3. The number of pyridine rings is 1. The summed E-state index contributed by atoms with van der Waals surface area (Å²) in [7, 11) is 1.74. The van der Waals surface area contributed by atoms with E-state index in [0.29, 0.717) is 66.3 Å². The topological polar surface area (TPSA) is 120 Å². The maximum absolute atomic E-state index is 13.9. The summed E-state index contributed by atoms with van der Waals surface area (Å²) in [5.41, 5.74) is 12.0. The van der Waals surface area contributed by atoms with Crippen molar-refractivity contribution in [3.8, 4) is 17.2 Å². The summed E-state index contributed by atoms with van der Waals surface area (Å²) in [4.78, 5) is 25.4. The number of carbonyl (C=O) groups is 1. The third-order valence-electron chi connectivity index (χ3n) is 10.7. The van der Waals surface area contributed by atoms with Crippen LogP contribution < -0.4 is 10.5 Å². The van der Waals surface area contributed by atoms with Gasteiger partial charge in [0.15, 0.2) is 0 Å². The number of ether oxygens (including phenoxy) is 1. The third kappa shape index (κ3) is 6.02. The number of alkyl halides is 2. The zero-order valence-corrected chi connectivity index (χ0v) is 30.5. The number of methoxy groups -OCH3 is 1.